The lowest BCUT2D eigenvalue weighted by atomic mass is 10.1. The van der Waals surface area contributed by atoms with E-state index in [1.807, 2.05) is 14.0 Å². The van der Waals surface area contributed by atoms with E-state index in [0.29, 0.717) is 18.3 Å². The lowest BCUT2D eigenvalue weighted by Gasteiger charge is -2.25. The lowest BCUT2D eigenvalue weighted by molar-refractivity contribution is 0.0685. The summed E-state index contributed by atoms with van der Waals surface area (Å²) in [5, 5.41) is 12.2. The van der Waals surface area contributed by atoms with E-state index in [2.05, 4.69) is 10.1 Å². The molecule has 94 valence electrons. The predicted molar refractivity (Wildman–Crippen MR) is 58.7 cm³/mol. The lowest BCUT2D eigenvalue weighted by Crippen LogP contribution is -2.36. The summed E-state index contributed by atoms with van der Waals surface area (Å²) in [6, 6.07) is 1.80. The summed E-state index contributed by atoms with van der Waals surface area (Å²) in [5.41, 5.74) is -0.0517. The number of hydrogen-bond acceptors (Lipinski definition) is 5. The molecule has 1 aliphatic heterocycles. The van der Waals surface area contributed by atoms with Gasteiger partial charge in [0.2, 0.25) is 0 Å². The molecule has 0 aliphatic carbocycles. The van der Waals surface area contributed by atoms with Crippen molar-refractivity contribution in [2.24, 2.45) is 0 Å². The highest BCUT2D eigenvalue weighted by atomic mass is 16.5. The zero-order valence-corrected chi connectivity index (χ0v) is 9.92. The maximum Gasteiger partial charge on any atom is 0.358 e. The summed E-state index contributed by atoms with van der Waals surface area (Å²) in [4.78, 5) is 12.8. The highest BCUT2D eigenvalue weighted by Crippen LogP contribution is 2.20. The van der Waals surface area contributed by atoms with Gasteiger partial charge < -0.3 is 14.4 Å². The van der Waals surface area contributed by atoms with E-state index in [0.717, 1.165) is 13.0 Å². The minimum atomic E-state index is -1.07. The minimum absolute atomic E-state index is 0.0517. The number of aromatic carboxylic acids is 1. The van der Waals surface area contributed by atoms with Crippen LogP contribution in [0.2, 0.25) is 0 Å². The molecule has 6 nitrogen and oxygen atoms in total. The van der Waals surface area contributed by atoms with Gasteiger partial charge in [-0.05, 0) is 20.4 Å². The zero-order valence-electron chi connectivity index (χ0n) is 9.92. The largest absolute Gasteiger partial charge is 0.476 e. The average Bonchev–Trinajstić information content (AvgIpc) is 2.86. The van der Waals surface area contributed by atoms with E-state index in [-0.39, 0.29) is 11.8 Å². The summed E-state index contributed by atoms with van der Waals surface area (Å²) >= 11 is 0. The van der Waals surface area contributed by atoms with Gasteiger partial charge in [-0.15, -0.1) is 0 Å². The highest BCUT2D eigenvalue weighted by Gasteiger charge is 2.28. The number of carbonyl (C=O) groups is 1. The smallest absolute Gasteiger partial charge is 0.358 e. The molecule has 0 saturated carbocycles. The molecule has 0 spiro atoms. The van der Waals surface area contributed by atoms with Crippen molar-refractivity contribution in [2.45, 2.75) is 32.0 Å². The molecule has 2 atom stereocenters. The van der Waals surface area contributed by atoms with Crippen LogP contribution in [0.4, 0.5) is 0 Å². The number of carboxylic acid groups (broad SMARTS) is 1. The van der Waals surface area contributed by atoms with E-state index in [1.54, 1.807) is 0 Å². The van der Waals surface area contributed by atoms with Gasteiger partial charge in [-0.2, -0.15) is 0 Å². The Kier molecular flexibility index (Phi) is 3.44. The van der Waals surface area contributed by atoms with Crippen molar-refractivity contribution in [3.63, 3.8) is 0 Å². The SMILES string of the molecule is CC1OCCC1N(C)Cc1cc(C(=O)O)no1. The molecule has 1 N–H and O–H groups in total. The van der Waals surface area contributed by atoms with E-state index in [9.17, 15) is 4.79 Å². The molecule has 2 unspecified atom stereocenters. The van der Waals surface area contributed by atoms with E-state index >= 15 is 0 Å². The van der Waals surface area contributed by atoms with Crippen molar-refractivity contribution in [3.05, 3.63) is 17.5 Å². The van der Waals surface area contributed by atoms with E-state index in [1.165, 1.54) is 6.07 Å². The summed E-state index contributed by atoms with van der Waals surface area (Å²) in [7, 11) is 1.97. The Morgan fingerprint density at radius 3 is 3.00 bits per heavy atom. The topological polar surface area (TPSA) is 75.8 Å². The fourth-order valence-electron chi connectivity index (χ4n) is 2.15. The van der Waals surface area contributed by atoms with Crippen LogP contribution in [-0.2, 0) is 11.3 Å². The van der Waals surface area contributed by atoms with Gasteiger partial charge in [0, 0.05) is 18.7 Å². The van der Waals surface area contributed by atoms with Crippen molar-refractivity contribution in [3.8, 4) is 0 Å². The Balaban J connectivity index is 1.97. The van der Waals surface area contributed by atoms with Crippen LogP contribution < -0.4 is 0 Å². The fraction of sp³-hybridized carbons (Fsp3) is 0.636. The van der Waals surface area contributed by atoms with Crippen LogP contribution >= 0.6 is 0 Å². The Morgan fingerprint density at radius 1 is 1.71 bits per heavy atom. The van der Waals surface area contributed by atoms with Gasteiger partial charge in [0.05, 0.1) is 12.6 Å². The highest BCUT2D eigenvalue weighted by molar-refractivity contribution is 5.85. The molecule has 0 amide bonds. The first-order valence-electron chi connectivity index (χ1n) is 5.58. The van der Waals surface area contributed by atoms with Crippen LogP contribution in [-0.4, -0.2) is 46.9 Å². The Morgan fingerprint density at radius 2 is 2.47 bits per heavy atom. The molecular formula is C11H16N2O4. The molecule has 1 aliphatic rings. The average molecular weight is 240 g/mol. The quantitative estimate of drug-likeness (QED) is 0.845. The maximum atomic E-state index is 10.7. The van der Waals surface area contributed by atoms with Gasteiger partial charge >= 0.3 is 5.97 Å². The predicted octanol–water partition coefficient (Wildman–Crippen LogP) is 0.982. The van der Waals surface area contributed by atoms with Crippen LogP contribution in [0.25, 0.3) is 0 Å². The van der Waals surface area contributed by atoms with Crippen LogP contribution in [0.15, 0.2) is 10.6 Å². The molecule has 1 saturated heterocycles. The van der Waals surface area contributed by atoms with Crippen LogP contribution in [0.1, 0.15) is 29.6 Å². The molecule has 1 fully saturated rings. The van der Waals surface area contributed by atoms with Crippen LogP contribution in [0.3, 0.4) is 0 Å². The van der Waals surface area contributed by atoms with Gasteiger partial charge in [0.15, 0.2) is 11.5 Å². The van der Waals surface area contributed by atoms with Crippen molar-refractivity contribution in [1.82, 2.24) is 10.1 Å². The zero-order chi connectivity index (χ0) is 12.4. The number of hydrogen-bond donors (Lipinski definition) is 1. The molecule has 0 bridgehead atoms. The number of aromatic nitrogens is 1. The standard InChI is InChI=1S/C11H16N2O4/c1-7-10(3-4-16-7)13(2)6-8-5-9(11(14)15)12-17-8/h5,7,10H,3-4,6H2,1-2H3,(H,14,15). The first-order valence-corrected chi connectivity index (χ1v) is 5.58. The number of carboxylic acids is 1. The first kappa shape index (κ1) is 12.1. The Labute approximate surface area is 99.1 Å². The maximum absolute atomic E-state index is 10.7. The third-order valence-corrected chi connectivity index (χ3v) is 3.09. The van der Waals surface area contributed by atoms with E-state index < -0.39 is 5.97 Å². The van der Waals surface area contributed by atoms with Crippen molar-refractivity contribution in [2.75, 3.05) is 13.7 Å². The van der Waals surface area contributed by atoms with Crippen molar-refractivity contribution in [1.29, 1.82) is 0 Å². The number of rotatable bonds is 4. The monoisotopic (exact) mass is 240 g/mol. The summed E-state index contributed by atoms with van der Waals surface area (Å²) in [6.45, 7) is 3.35. The molecule has 1 aromatic rings. The summed E-state index contributed by atoms with van der Waals surface area (Å²) in [5.74, 6) is -0.510. The van der Waals surface area contributed by atoms with Crippen molar-refractivity contribution >= 4 is 5.97 Å². The molecule has 2 heterocycles. The Bertz CT molecular complexity index is 404. The van der Waals surface area contributed by atoms with Gasteiger partial charge in [-0.25, -0.2) is 4.79 Å². The number of nitrogens with zero attached hydrogens (tertiary/aromatic N) is 2. The molecular weight excluding hydrogens is 224 g/mol. The van der Waals surface area contributed by atoms with Crippen molar-refractivity contribution < 1.29 is 19.2 Å². The molecule has 1 aromatic heterocycles. The Hall–Kier alpha value is -1.40. The van der Waals surface area contributed by atoms with Gasteiger partial charge in [0.1, 0.15) is 0 Å². The molecule has 0 radical (unpaired) electrons. The summed E-state index contributed by atoms with van der Waals surface area (Å²) in [6.07, 6.45) is 1.18. The van der Waals surface area contributed by atoms with Crippen LogP contribution in [0, 0.1) is 0 Å². The minimum Gasteiger partial charge on any atom is -0.476 e. The normalized spacial score (nSPS) is 24.4. The third kappa shape index (κ3) is 2.65. The van der Waals surface area contributed by atoms with Crippen LogP contribution in [0.5, 0.6) is 0 Å². The summed E-state index contributed by atoms with van der Waals surface area (Å²) < 4.78 is 10.5. The van der Waals surface area contributed by atoms with E-state index in [4.69, 9.17) is 14.4 Å². The molecule has 0 aromatic carbocycles. The molecule has 2 rings (SSSR count). The molecule has 6 heteroatoms. The second-order valence-corrected chi connectivity index (χ2v) is 4.33. The fourth-order valence-corrected chi connectivity index (χ4v) is 2.15. The number of ether oxygens (including phenoxy) is 1. The second-order valence-electron chi connectivity index (χ2n) is 4.33. The second kappa shape index (κ2) is 4.85. The van der Waals surface area contributed by atoms with Gasteiger partial charge in [0.25, 0.3) is 0 Å². The molecule has 17 heavy (non-hydrogen) atoms. The number of likely N-dealkylation sites (N-methyl/N-ethyl adjacent to an activating group) is 1. The third-order valence-electron chi connectivity index (χ3n) is 3.09. The van der Waals surface area contributed by atoms with Gasteiger partial charge in [-0.1, -0.05) is 5.16 Å². The first-order chi connectivity index (χ1) is 8.08. The van der Waals surface area contributed by atoms with Gasteiger partial charge in [-0.3, -0.25) is 4.90 Å².